The number of allylic oxidation sites excluding steroid dienone is 3. The fourth-order valence-corrected chi connectivity index (χ4v) is 3.34. The molecular weight excluding hydrogens is 276 g/mol. The van der Waals surface area contributed by atoms with Gasteiger partial charge in [0.2, 0.25) is 0 Å². The zero-order chi connectivity index (χ0) is 16.7. The van der Waals surface area contributed by atoms with Gasteiger partial charge in [-0.3, -0.25) is 9.59 Å². The van der Waals surface area contributed by atoms with Crippen LogP contribution < -0.4 is 0 Å². The van der Waals surface area contributed by atoms with Crippen LogP contribution in [0.3, 0.4) is 0 Å². The molecule has 2 aliphatic rings. The summed E-state index contributed by atoms with van der Waals surface area (Å²) in [6.45, 7) is 10.1. The van der Waals surface area contributed by atoms with Gasteiger partial charge in [0, 0.05) is 12.0 Å². The van der Waals surface area contributed by atoms with Crippen molar-refractivity contribution in [2.45, 2.75) is 53.6 Å². The van der Waals surface area contributed by atoms with Crippen LogP contribution >= 0.6 is 0 Å². The zero-order valence-electron chi connectivity index (χ0n) is 14.0. The molecule has 2 rings (SSSR count). The second-order valence-corrected chi connectivity index (χ2v) is 7.16. The SMILES string of the molecule is C#CCC1=C(C)[C@H](OC(=O)[C@H]2C(C=C(C)C)C2(C)C)CC1=O. The fourth-order valence-electron chi connectivity index (χ4n) is 3.34. The van der Waals surface area contributed by atoms with Crippen LogP contribution in [-0.4, -0.2) is 17.9 Å². The van der Waals surface area contributed by atoms with Crippen LogP contribution in [0.4, 0.5) is 0 Å². The molecule has 0 spiro atoms. The lowest BCUT2D eigenvalue weighted by atomic mass is 10.1. The third-order valence-electron chi connectivity index (χ3n) is 4.88. The van der Waals surface area contributed by atoms with Crippen molar-refractivity contribution in [2.75, 3.05) is 0 Å². The number of carbonyl (C=O) groups excluding carboxylic acids is 2. The molecule has 0 N–H and O–H groups in total. The van der Waals surface area contributed by atoms with Gasteiger partial charge in [0.25, 0.3) is 0 Å². The van der Waals surface area contributed by atoms with Crippen molar-refractivity contribution in [3.8, 4) is 12.3 Å². The summed E-state index contributed by atoms with van der Waals surface area (Å²) in [5.74, 6) is 2.39. The second-order valence-electron chi connectivity index (χ2n) is 7.16. The molecule has 118 valence electrons. The highest BCUT2D eigenvalue weighted by Crippen LogP contribution is 2.60. The number of carbonyl (C=O) groups is 2. The lowest BCUT2D eigenvalue weighted by Gasteiger charge is -2.13. The molecule has 0 bridgehead atoms. The molecule has 0 aliphatic heterocycles. The van der Waals surface area contributed by atoms with E-state index < -0.39 is 6.10 Å². The predicted molar refractivity (Wildman–Crippen MR) is 85.8 cm³/mol. The van der Waals surface area contributed by atoms with Crippen LogP contribution in [0.15, 0.2) is 22.8 Å². The van der Waals surface area contributed by atoms with E-state index in [1.807, 2.05) is 20.8 Å². The van der Waals surface area contributed by atoms with Gasteiger partial charge in [0.1, 0.15) is 6.10 Å². The van der Waals surface area contributed by atoms with Gasteiger partial charge in [0.05, 0.1) is 12.3 Å². The molecule has 1 unspecified atom stereocenters. The summed E-state index contributed by atoms with van der Waals surface area (Å²) in [6, 6.07) is 0. The van der Waals surface area contributed by atoms with E-state index in [0.29, 0.717) is 12.0 Å². The minimum absolute atomic E-state index is 0.00385. The van der Waals surface area contributed by atoms with E-state index in [1.165, 1.54) is 5.57 Å². The monoisotopic (exact) mass is 300 g/mol. The highest BCUT2D eigenvalue weighted by molar-refractivity contribution is 6.00. The van der Waals surface area contributed by atoms with Crippen molar-refractivity contribution < 1.29 is 14.3 Å². The molecular formula is C19H24O3. The van der Waals surface area contributed by atoms with Crippen molar-refractivity contribution in [2.24, 2.45) is 17.3 Å². The van der Waals surface area contributed by atoms with Crippen molar-refractivity contribution in [1.29, 1.82) is 0 Å². The van der Waals surface area contributed by atoms with Crippen LogP contribution in [-0.2, 0) is 14.3 Å². The Hall–Kier alpha value is -1.82. The molecule has 3 heteroatoms. The lowest BCUT2D eigenvalue weighted by molar-refractivity contribution is -0.150. The molecule has 2 aliphatic carbocycles. The Morgan fingerprint density at radius 1 is 1.45 bits per heavy atom. The van der Waals surface area contributed by atoms with E-state index in [2.05, 4.69) is 25.8 Å². The van der Waals surface area contributed by atoms with Gasteiger partial charge in [-0.25, -0.2) is 0 Å². The summed E-state index contributed by atoms with van der Waals surface area (Å²) in [7, 11) is 0. The Morgan fingerprint density at radius 3 is 2.64 bits per heavy atom. The number of hydrogen-bond donors (Lipinski definition) is 0. The van der Waals surface area contributed by atoms with Gasteiger partial charge in [-0.15, -0.1) is 12.3 Å². The van der Waals surface area contributed by atoms with E-state index in [9.17, 15) is 9.59 Å². The topological polar surface area (TPSA) is 43.4 Å². The van der Waals surface area contributed by atoms with E-state index >= 15 is 0 Å². The molecule has 1 fully saturated rings. The van der Waals surface area contributed by atoms with E-state index in [4.69, 9.17) is 11.2 Å². The number of terminal acetylenes is 1. The summed E-state index contributed by atoms with van der Waals surface area (Å²) in [5, 5.41) is 0. The molecule has 3 atom stereocenters. The predicted octanol–water partition coefficient (Wildman–Crippen LogP) is 3.45. The first-order valence-corrected chi connectivity index (χ1v) is 7.72. The summed E-state index contributed by atoms with van der Waals surface area (Å²) >= 11 is 0. The number of ether oxygens (including phenoxy) is 1. The van der Waals surface area contributed by atoms with Crippen LogP contribution in [0, 0.1) is 29.6 Å². The number of hydrogen-bond acceptors (Lipinski definition) is 3. The second kappa shape index (κ2) is 5.76. The molecule has 1 saturated carbocycles. The molecule has 22 heavy (non-hydrogen) atoms. The Kier molecular flexibility index (Phi) is 4.33. The molecule has 0 saturated heterocycles. The summed E-state index contributed by atoms with van der Waals surface area (Å²) in [4.78, 5) is 24.4. The molecule has 3 nitrogen and oxygen atoms in total. The number of Topliss-reactive ketones (excluding diaryl/α,β-unsaturated/α-hetero) is 1. The molecule has 0 aromatic rings. The lowest BCUT2D eigenvalue weighted by Crippen LogP contribution is -2.20. The zero-order valence-corrected chi connectivity index (χ0v) is 14.0. The Bertz CT molecular complexity index is 609. The van der Waals surface area contributed by atoms with Crippen LogP contribution in [0.25, 0.3) is 0 Å². The number of esters is 1. The number of rotatable bonds is 4. The van der Waals surface area contributed by atoms with Crippen LogP contribution in [0.2, 0.25) is 0 Å². The first-order valence-electron chi connectivity index (χ1n) is 7.72. The van der Waals surface area contributed by atoms with Crippen molar-refractivity contribution in [3.63, 3.8) is 0 Å². The average Bonchev–Trinajstić information content (AvgIpc) is 2.83. The quantitative estimate of drug-likeness (QED) is 0.454. The third-order valence-corrected chi connectivity index (χ3v) is 4.88. The first-order chi connectivity index (χ1) is 10.2. The Morgan fingerprint density at radius 2 is 2.09 bits per heavy atom. The summed E-state index contributed by atoms with van der Waals surface area (Å²) < 4.78 is 5.63. The molecule has 0 aromatic carbocycles. The van der Waals surface area contributed by atoms with Crippen molar-refractivity contribution >= 4 is 11.8 Å². The number of ketones is 1. The van der Waals surface area contributed by atoms with Gasteiger partial charge < -0.3 is 4.74 Å². The fraction of sp³-hybridized carbons (Fsp3) is 0.579. The van der Waals surface area contributed by atoms with E-state index in [0.717, 1.165) is 5.57 Å². The standard InChI is InChI=1S/C19H24O3/c1-7-8-13-12(4)16(10-15(13)20)22-18(21)17-14(9-11(2)3)19(17,5)6/h1,9,14,16-17H,8,10H2,2-6H3/t14?,16-,17-/m1/s1. The van der Waals surface area contributed by atoms with Gasteiger partial charge >= 0.3 is 5.97 Å². The molecule has 0 aromatic heterocycles. The third kappa shape index (κ3) is 2.88. The van der Waals surface area contributed by atoms with Crippen LogP contribution in [0.1, 0.15) is 47.5 Å². The van der Waals surface area contributed by atoms with Gasteiger partial charge in [-0.05, 0) is 37.7 Å². The maximum Gasteiger partial charge on any atom is 0.310 e. The summed E-state index contributed by atoms with van der Waals surface area (Å²) in [5.41, 5.74) is 2.58. The van der Waals surface area contributed by atoms with Crippen molar-refractivity contribution in [1.82, 2.24) is 0 Å². The Labute approximate surface area is 132 Å². The Balaban J connectivity index is 2.07. The van der Waals surface area contributed by atoms with Gasteiger partial charge in [-0.2, -0.15) is 0 Å². The van der Waals surface area contributed by atoms with Crippen molar-refractivity contribution in [3.05, 3.63) is 22.8 Å². The minimum atomic E-state index is -0.438. The van der Waals surface area contributed by atoms with E-state index in [1.54, 1.807) is 0 Å². The largest absolute Gasteiger partial charge is 0.457 e. The normalized spacial score (nSPS) is 29.1. The molecule has 0 radical (unpaired) electrons. The van der Waals surface area contributed by atoms with E-state index in [-0.39, 0.29) is 35.4 Å². The van der Waals surface area contributed by atoms with Gasteiger partial charge in [0.15, 0.2) is 5.78 Å². The summed E-state index contributed by atoms with van der Waals surface area (Å²) in [6.07, 6.45) is 7.53. The van der Waals surface area contributed by atoms with Crippen LogP contribution in [0.5, 0.6) is 0 Å². The molecule has 0 amide bonds. The minimum Gasteiger partial charge on any atom is -0.457 e. The van der Waals surface area contributed by atoms with Gasteiger partial charge in [-0.1, -0.05) is 25.5 Å². The first kappa shape index (κ1) is 16.5. The average molecular weight is 300 g/mol. The highest BCUT2D eigenvalue weighted by atomic mass is 16.5. The maximum absolute atomic E-state index is 12.5. The maximum atomic E-state index is 12.5. The highest BCUT2D eigenvalue weighted by Gasteiger charge is 2.61. The smallest absolute Gasteiger partial charge is 0.310 e. The molecule has 0 heterocycles.